The number of amidine groups is 1. The maximum atomic E-state index is 7.04. The van der Waals surface area contributed by atoms with E-state index in [0.717, 1.165) is 0 Å². The van der Waals surface area contributed by atoms with Crippen molar-refractivity contribution in [1.29, 1.82) is 5.41 Å². The molecule has 0 amide bonds. The normalized spacial score (nSPS) is 8.45. The molecule has 0 unspecified atom stereocenters. The molecule has 0 radical (unpaired) electrons. The number of halogens is 2. The maximum absolute atomic E-state index is 7.04. The number of nitrogens with two attached hydrogens (primary N) is 1. The highest BCUT2D eigenvalue weighted by Gasteiger charge is 1.93. The number of rotatable bonds is 1. The topological polar surface area (TPSA) is 49.9 Å². The minimum atomic E-state index is 0. The Hall–Kier alpha value is -0.290. The largest absolute Gasteiger partial charge is 1.00 e. The second-order valence-corrected chi connectivity index (χ2v) is 2.36. The predicted octanol–water partition coefficient (Wildman–Crippen LogP) is -1.37. The van der Waals surface area contributed by atoms with Crippen molar-refractivity contribution in [3.05, 3.63) is 34.9 Å². The van der Waals surface area contributed by atoms with Gasteiger partial charge in [0.05, 0.1) is 0 Å². The van der Waals surface area contributed by atoms with Gasteiger partial charge in [-0.25, -0.2) is 0 Å². The Bertz CT molecular complexity index is 245. The van der Waals surface area contributed by atoms with Crippen molar-refractivity contribution in [2.75, 3.05) is 0 Å². The molecule has 0 aromatic heterocycles. The van der Waals surface area contributed by atoms with Gasteiger partial charge in [-0.05, 0) is 24.3 Å². The summed E-state index contributed by atoms with van der Waals surface area (Å²) in [7, 11) is 0. The third-order valence-electron chi connectivity index (χ3n) is 1.16. The van der Waals surface area contributed by atoms with Crippen LogP contribution in [0, 0.1) is 5.41 Å². The summed E-state index contributed by atoms with van der Waals surface area (Å²) in [6.45, 7) is 0. The molecule has 1 aromatic carbocycles. The quantitative estimate of drug-likeness (QED) is 0.372. The van der Waals surface area contributed by atoms with Crippen LogP contribution in [0.25, 0.3) is 0 Å². The van der Waals surface area contributed by atoms with Gasteiger partial charge in [0.1, 0.15) is 5.84 Å². The molecule has 0 saturated carbocycles. The highest BCUT2D eigenvalue weighted by molar-refractivity contribution is 6.30. The molecule has 0 saturated heterocycles. The monoisotopic (exact) mass is 281 g/mol. The van der Waals surface area contributed by atoms with E-state index in [4.69, 9.17) is 22.7 Å². The van der Waals surface area contributed by atoms with E-state index >= 15 is 0 Å². The standard InChI is InChI=1S/C7H7ClN2.HI/c8-6-3-1-5(2-4-6)7(9)10;/h1-4H,(H3,9,10);1H/p-1. The Morgan fingerprint density at radius 1 is 1.27 bits per heavy atom. The van der Waals surface area contributed by atoms with Crippen molar-refractivity contribution in [3.8, 4) is 0 Å². The number of nitrogen functional groups attached to an aromatic ring is 1. The van der Waals surface area contributed by atoms with Gasteiger partial charge in [-0.3, -0.25) is 5.41 Å². The molecule has 0 aliphatic rings. The third-order valence-corrected chi connectivity index (χ3v) is 1.41. The molecule has 2 nitrogen and oxygen atoms in total. The van der Waals surface area contributed by atoms with Gasteiger partial charge in [-0.1, -0.05) is 11.6 Å². The van der Waals surface area contributed by atoms with Crippen LogP contribution in [0.15, 0.2) is 24.3 Å². The van der Waals surface area contributed by atoms with Crippen LogP contribution < -0.4 is 29.7 Å². The lowest BCUT2D eigenvalue weighted by Gasteiger charge is -1.95. The average Bonchev–Trinajstić information content (AvgIpc) is 1.88. The van der Waals surface area contributed by atoms with Gasteiger partial charge in [-0.15, -0.1) is 0 Å². The Kier molecular flexibility index (Phi) is 4.44. The highest BCUT2D eigenvalue weighted by Crippen LogP contribution is 2.08. The molecule has 0 atom stereocenters. The molecule has 1 rings (SSSR count). The van der Waals surface area contributed by atoms with Crippen LogP contribution in [-0.4, -0.2) is 5.84 Å². The highest BCUT2D eigenvalue weighted by atomic mass is 127. The van der Waals surface area contributed by atoms with E-state index in [1.54, 1.807) is 24.3 Å². The first kappa shape index (κ1) is 10.7. The van der Waals surface area contributed by atoms with Crippen LogP contribution in [0.2, 0.25) is 5.02 Å². The third kappa shape index (κ3) is 3.07. The van der Waals surface area contributed by atoms with E-state index in [1.165, 1.54) is 0 Å². The van der Waals surface area contributed by atoms with Gasteiger partial charge in [0.2, 0.25) is 0 Å². The molecular formula is C7H7ClIN2-. The summed E-state index contributed by atoms with van der Waals surface area (Å²) in [4.78, 5) is 0. The second-order valence-electron chi connectivity index (χ2n) is 1.92. The summed E-state index contributed by atoms with van der Waals surface area (Å²) >= 11 is 5.61. The Labute approximate surface area is 87.3 Å². The summed E-state index contributed by atoms with van der Waals surface area (Å²) < 4.78 is 0. The maximum Gasteiger partial charge on any atom is 0.122 e. The van der Waals surface area contributed by atoms with Gasteiger partial charge in [0.25, 0.3) is 0 Å². The molecule has 3 N–H and O–H groups in total. The van der Waals surface area contributed by atoms with Crippen molar-refractivity contribution in [2.24, 2.45) is 5.73 Å². The van der Waals surface area contributed by atoms with Crippen molar-refractivity contribution in [1.82, 2.24) is 0 Å². The lowest BCUT2D eigenvalue weighted by atomic mass is 10.2. The van der Waals surface area contributed by atoms with Crippen molar-refractivity contribution >= 4 is 17.4 Å². The molecule has 0 heterocycles. The summed E-state index contributed by atoms with van der Waals surface area (Å²) in [6, 6.07) is 6.84. The predicted molar refractivity (Wildman–Crippen MR) is 42.5 cm³/mol. The van der Waals surface area contributed by atoms with Crippen molar-refractivity contribution < 1.29 is 24.0 Å². The molecule has 11 heavy (non-hydrogen) atoms. The molecule has 0 bridgehead atoms. The molecule has 1 aromatic rings. The van der Waals surface area contributed by atoms with Gasteiger partial charge in [-0.2, -0.15) is 0 Å². The van der Waals surface area contributed by atoms with Gasteiger partial charge in [0, 0.05) is 10.6 Å². The van der Waals surface area contributed by atoms with Gasteiger partial charge >= 0.3 is 0 Å². The van der Waals surface area contributed by atoms with E-state index in [2.05, 4.69) is 0 Å². The lowest BCUT2D eigenvalue weighted by Crippen LogP contribution is -3.00. The van der Waals surface area contributed by atoms with E-state index in [0.29, 0.717) is 10.6 Å². The smallest absolute Gasteiger partial charge is 0.122 e. The Morgan fingerprint density at radius 3 is 2.09 bits per heavy atom. The second kappa shape index (κ2) is 4.56. The molecule has 0 aliphatic heterocycles. The van der Waals surface area contributed by atoms with E-state index in [-0.39, 0.29) is 29.8 Å². The molecular weight excluding hydrogens is 274 g/mol. The minimum Gasteiger partial charge on any atom is -1.00 e. The zero-order valence-electron chi connectivity index (χ0n) is 5.64. The van der Waals surface area contributed by atoms with Crippen molar-refractivity contribution in [2.45, 2.75) is 0 Å². The molecule has 0 fully saturated rings. The minimum absolute atomic E-state index is 0. The van der Waals surface area contributed by atoms with Crippen LogP contribution in [0.1, 0.15) is 5.56 Å². The van der Waals surface area contributed by atoms with Crippen LogP contribution in [0.4, 0.5) is 0 Å². The molecule has 0 spiro atoms. The van der Waals surface area contributed by atoms with E-state index in [9.17, 15) is 0 Å². The van der Waals surface area contributed by atoms with E-state index < -0.39 is 0 Å². The fourth-order valence-electron chi connectivity index (χ4n) is 0.629. The molecule has 0 aliphatic carbocycles. The summed E-state index contributed by atoms with van der Waals surface area (Å²) in [5.74, 6) is 0.0664. The summed E-state index contributed by atoms with van der Waals surface area (Å²) in [5, 5.41) is 7.70. The SMILES string of the molecule is N=C(N)c1ccc(Cl)cc1.[I-]. The van der Waals surface area contributed by atoms with Crippen molar-refractivity contribution in [3.63, 3.8) is 0 Å². The Balaban J connectivity index is 0.000001000. The number of benzene rings is 1. The van der Waals surface area contributed by atoms with Crippen LogP contribution in [0.3, 0.4) is 0 Å². The zero-order valence-corrected chi connectivity index (χ0v) is 8.56. The van der Waals surface area contributed by atoms with Gasteiger partial charge < -0.3 is 29.7 Å². The van der Waals surface area contributed by atoms with Gasteiger partial charge in [0.15, 0.2) is 0 Å². The number of hydrogen-bond donors (Lipinski definition) is 2. The first-order chi connectivity index (χ1) is 4.70. The van der Waals surface area contributed by atoms with E-state index in [1.807, 2.05) is 0 Å². The molecule has 60 valence electrons. The summed E-state index contributed by atoms with van der Waals surface area (Å²) in [5.41, 5.74) is 5.90. The number of nitrogens with one attached hydrogen (secondary N) is 1. The lowest BCUT2D eigenvalue weighted by molar-refractivity contribution is -0.00000232. The fraction of sp³-hybridized carbons (Fsp3) is 0. The summed E-state index contributed by atoms with van der Waals surface area (Å²) in [6.07, 6.45) is 0. The number of hydrogen-bond acceptors (Lipinski definition) is 1. The van der Waals surface area contributed by atoms with Crippen LogP contribution in [0.5, 0.6) is 0 Å². The molecule has 4 heteroatoms. The Morgan fingerprint density at radius 2 is 1.73 bits per heavy atom. The fourth-order valence-corrected chi connectivity index (χ4v) is 0.755. The van der Waals surface area contributed by atoms with Crippen LogP contribution >= 0.6 is 11.6 Å². The first-order valence-electron chi connectivity index (χ1n) is 2.80. The van der Waals surface area contributed by atoms with Crippen LogP contribution in [-0.2, 0) is 0 Å². The zero-order chi connectivity index (χ0) is 7.56. The average molecular weight is 282 g/mol. The first-order valence-corrected chi connectivity index (χ1v) is 3.18.